The first kappa shape index (κ1) is 20.7. The number of nitrogens with zero attached hydrogens (tertiary/aromatic N) is 3. The molecule has 0 unspecified atom stereocenters. The second kappa shape index (κ2) is 8.38. The molecule has 27 heavy (non-hydrogen) atoms. The van der Waals surface area contributed by atoms with Crippen LogP contribution >= 0.6 is 0 Å². The van der Waals surface area contributed by atoms with Crippen LogP contribution in [0.4, 0.5) is 11.4 Å². The van der Waals surface area contributed by atoms with E-state index in [-0.39, 0.29) is 24.3 Å². The van der Waals surface area contributed by atoms with Crippen molar-refractivity contribution in [1.29, 1.82) is 0 Å². The van der Waals surface area contributed by atoms with E-state index in [0.29, 0.717) is 37.6 Å². The number of hydrogen-bond donors (Lipinski definition) is 1. The lowest BCUT2D eigenvalue weighted by Crippen LogP contribution is -2.52. The standard InChI is InChI=1S/C17H24N4O5S/c1-13(22)18-15-4-6-16(7-5-15)21(27(3,25)26)12-17(24)20-10-8-19(9-11-20)14(2)23/h4-7H,8-12H2,1-3H3,(H,18,22). The Kier molecular flexibility index (Phi) is 6.42. The van der Waals surface area contributed by atoms with Gasteiger partial charge in [-0.3, -0.25) is 18.7 Å². The topological polar surface area (TPSA) is 107 Å². The van der Waals surface area contributed by atoms with Crippen molar-refractivity contribution >= 4 is 39.1 Å². The summed E-state index contributed by atoms with van der Waals surface area (Å²) < 4.78 is 25.4. The fourth-order valence-corrected chi connectivity index (χ4v) is 3.66. The second-order valence-electron chi connectivity index (χ2n) is 6.38. The fraction of sp³-hybridized carbons (Fsp3) is 0.471. The quantitative estimate of drug-likeness (QED) is 0.760. The number of sulfonamides is 1. The Hall–Kier alpha value is -2.62. The van der Waals surface area contributed by atoms with Gasteiger partial charge in [-0.15, -0.1) is 0 Å². The van der Waals surface area contributed by atoms with Gasteiger partial charge >= 0.3 is 0 Å². The van der Waals surface area contributed by atoms with E-state index in [1.165, 1.54) is 26.0 Å². The van der Waals surface area contributed by atoms with Crippen LogP contribution in [0.15, 0.2) is 24.3 Å². The number of benzene rings is 1. The molecule has 1 aromatic carbocycles. The third kappa shape index (κ3) is 5.68. The Morgan fingerprint density at radius 3 is 1.96 bits per heavy atom. The van der Waals surface area contributed by atoms with Crippen LogP contribution in [0.1, 0.15) is 13.8 Å². The Morgan fingerprint density at radius 1 is 1.00 bits per heavy atom. The highest BCUT2D eigenvalue weighted by Gasteiger charge is 2.27. The number of nitrogens with one attached hydrogen (secondary N) is 1. The summed E-state index contributed by atoms with van der Waals surface area (Å²) in [5.74, 6) is -0.601. The van der Waals surface area contributed by atoms with Gasteiger partial charge in [-0.05, 0) is 24.3 Å². The maximum Gasteiger partial charge on any atom is 0.243 e. The van der Waals surface area contributed by atoms with Gasteiger partial charge in [-0.2, -0.15) is 0 Å². The first-order chi connectivity index (χ1) is 12.6. The minimum atomic E-state index is -3.68. The summed E-state index contributed by atoms with van der Waals surface area (Å²) in [5.41, 5.74) is 0.869. The lowest BCUT2D eigenvalue weighted by molar-refractivity contribution is -0.137. The first-order valence-corrected chi connectivity index (χ1v) is 10.3. The van der Waals surface area contributed by atoms with Crippen molar-refractivity contribution in [3.8, 4) is 0 Å². The minimum Gasteiger partial charge on any atom is -0.339 e. The minimum absolute atomic E-state index is 0.0425. The largest absolute Gasteiger partial charge is 0.339 e. The van der Waals surface area contributed by atoms with E-state index >= 15 is 0 Å². The molecule has 0 spiro atoms. The van der Waals surface area contributed by atoms with Crippen LogP contribution in [0.2, 0.25) is 0 Å². The zero-order valence-corrected chi connectivity index (χ0v) is 16.5. The molecule has 148 valence electrons. The predicted molar refractivity (Wildman–Crippen MR) is 102 cm³/mol. The van der Waals surface area contributed by atoms with Gasteiger partial charge < -0.3 is 15.1 Å². The van der Waals surface area contributed by atoms with Gasteiger partial charge in [0.1, 0.15) is 6.54 Å². The molecule has 3 amide bonds. The van der Waals surface area contributed by atoms with E-state index in [2.05, 4.69) is 5.32 Å². The molecule has 1 heterocycles. The summed E-state index contributed by atoms with van der Waals surface area (Å²) in [7, 11) is -3.68. The van der Waals surface area contributed by atoms with Crippen LogP contribution in [0.5, 0.6) is 0 Å². The summed E-state index contributed by atoms with van der Waals surface area (Å²) in [6.07, 6.45) is 1.04. The van der Waals surface area contributed by atoms with E-state index in [9.17, 15) is 22.8 Å². The van der Waals surface area contributed by atoms with E-state index < -0.39 is 10.0 Å². The molecule has 10 heteroatoms. The van der Waals surface area contributed by atoms with E-state index in [1.54, 1.807) is 21.9 Å². The second-order valence-corrected chi connectivity index (χ2v) is 8.29. The molecule has 1 N–H and O–H groups in total. The highest BCUT2D eigenvalue weighted by atomic mass is 32.2. The highest BCUT2D eigenvalue weighted by molar-refractivity contribution is 7.92. The van der Waals surface area contributed by atoms with E-state index in [0.717, 1.165) is 10.6 Å². The average molecular weight is 396 g/mol. The van der Waals surface area contributed by atoms with Crippen LogP contribution in [-0.4, -0.2) is 74.9 Å². The molecule has 0 atom stereocenters. The molecule has 0 aromatic heterocycles. The van der Waals surface area contributed by atoms with Crippen molar-refractivity contribution in [2.45, 2.75) is 13.8 Å². The number of carbonyl (C=O) groups is 3. The molecule has 2 rings (SSSR count). The van der Waals surface area contributed by atoms with Crippen LogP contribution in [0, 0.1) is 0 Å². The van der Waals surface area contributed by atoms with Crippen molar-refractivity contribution in [1.82, 2.24) is 9.80 Å². The lowest BCUT2D eigenvalue weighted by Gasteiger charge is -2.35. The molecular weight excluding hydrogens is 372 g/mol. The molecule has 1 saturated heterocycles. The lowest BCUT2D eigenvalue weighted by atomic mass is 10.2. The van der Waals surface area contributed by atoms with Gasteiger partial charge in [0, 0.05) is 45.7 Å². The van der Waals surface area contributed by atoms with Crippen molar-refractivity contribution in [3.05, 3.63) is 24.3 Å². The molecule has 1 fully saturated rings. The summed E-state index contributed by atoms with van der Waals surface area (Å²) in [5, 5.41) is 2.60. The van der Waals surface area contributed by atoms with E-state index in [1.807, 2.05) is 0 Å². The smallest absolute Gasteiger partial charge is 0.243 e. The van der Waals surface area contributed by atoms with Crippen LogP contribution in [-0.2, 0) is 24.4 Å². The SMILES string of the molecule is CC(=O)Nc1ccc(N(CC(=O)N2CCN(C(C)=O)CC2)S(C)(=O)=O)cc1. The molecule has 1 aliphatic heterocycles. The monoisotopic (exact) mass is 396 g/mol. The van der Waals surface area contributed by atoms with Crippen molar-refractivity contribution in [2.75, 3.05) is 48.6 Å². The van der Waals surface area contributed by atoms with Crippen LogP contribution < -0.4 is 9.62 Å². The molecule has 1 aliphatic rings. The highest BCUT2D eigenvalue weighted by Crippen LogP contribution is 2.21. The molecule has 0 bridgehead atoms. The van der Waals surface area contributed by atoms with Gasteiger partial charge in [0.15, 0.2) is 0 Å². The predicted octanol–water partition coefficient (Wildman–Crippen LogP) is 0.102. The third-order valence-corrected chi connectivity index (χ3v) is 5.37. The summed E-state index contributed by atoms with van der Waals surface area (Å²) in [6.45, 7) is 4.15. The van der Waals surface area contributed by atoms with Gasteiger partial charge in [-0.1, -0.05) is 0 Å². The number of carbonyl (C=O) groups excluding carboxylic acids is 3. The number of amides is 3. The number of rotatable bonds is 5. The molecule has 0 radical (unpaired) electrons. The van der Waals surface area contributed by atoms with Gasteiger partial charge in [-0.25, -0.2) is 8.42 Å². The number of piperazine rings is 1. The van der Waals surface area contributed by atoms with Gasteiger partial charge in [0.2, 0.25) is 27.7 Å². The number of anilines is 2. The Labute approximate surface area is 159 Å². The van der Waals surface area contributed by atoms with Crippen LogP contribution in [0.3, 0.4) is 0 Å². The van der Waals surface area contributed by atoms with Crippen LogP contribution in [0.25, 0.3) is 0 Å². The summed E-state index contributed by atoms with van der Waals surface area (Å²) in [4.78, 5) is 38.2. The molecular formula is C17H24N4O5S. The Bertz CT molecular complexity index is 814. The molecule has 1 aromatic rings. The Balaban J connectivity index is 2.10. The van der Waals surface area contributed by atoms with E-state index in [4.69, 9.17) is 0 Å². The van der Waals surface area contributed by atoms with Crippen molar-refractivity contribution in [3.63, 3.8) is 0 Å². The zero-order valence-electron chi connectivity index (χ0n) is 15.6. The first-order valence-electron chi connectivity index (χ1n) is 8.46. The molecule has 0 aliphatic carbocycles. The summed E-state index contributed by atoms with van der Waals surface area (Å²) in [6, 6.07) is 6.22. The molecule has 9 nitrogen and oxygen atoms in total. The molecule has 0 saturated carbocycles. The van der Waals surface area contributed by atoms with Crippen molar-refractivity contribution < 1.29 is 22.8 Å². The normalized spacial score (nSPS) is 14.6. The van der Waals surface area contributed by atoms with Crippen molar-refractivity contribution in [2.24, 2.45) is 0 Å². The fourth-order valence-electron chi connectivity index (χ4n) is 2.81. The number of hydrogen-bond acceptors (Lipinski definition) is 5. The maximum absolute atomic E-state index is 12.6. The maximum atomic E-state index is 12.6. The van der Waals surface area contributed by atoms with Gasteiger partial charge in [0.05, 0.1) is 11.9 Å². The summed E-state index contributed by atoms with van der Waals surface area (Å²) >= 11 is 0. The van der Waals surface area contributed by atoms with Gasteiger partial charge in [0.25, 0.3) is 0 Å². The average Bonchev–Trinajstić information content (AvgIpc) is 2.59. The Morgan fingerprint density at radius 2 is 1.52 bits per heavy atom. The zero-order chi connectivity index (χ0) is 20.2. The third-order valence-electron chi connectivity index (χ3n) is 4.23.